The SMILES string of the molecule is [AlH3].[CH2]CC(CC)CC. The zero-order chi connectivity index (χ0) is 5.70. The van der Waals surface area contributed by atoms with E-state index in [0.717, 1.165) is 12.3 Å². The Bertz CT molecular complexity index is 25.9. The van der Waals surface area contributed by atoms with Crippen molar-refractivity contribution in [3.05, 3.63) is 6.92 Å². The Kier molecular flexibility index (Phi) is 10.7. The summed E-state index contributed by atoms with van der Waals surface area (Å²) < 4.78 is 0. The van der Waals surface area contributed by atoms with Crippen molar-refractivity contribution < 1.29 is 0 Å². The van der Waals surface area contributed by atoms with Gasteiger partial charge in [0.05, 0.1) is 0 Å². The predicted molar refractivity (Wildman–Crippen MR) is 44.0 cm³/mol. The molecule has 0 bridgehead atoms. The van der Waals surface area contributed by atoms with Gasteiger partial charge >= 0.3 is 0 Å². The molecular formula is C7H18Al. The maximum atomic E-state index is 3.83. The van der Waals surface area contributed by atoms with E-state index in [-0.39, 0.29) is 17.4 Å². The molecule has 0 spiro atoms. The van der Waals surface area contributed by atoms with E-state index in [1.54, 1.807) is 0 Å². The predicted octanol–water partition coefficient (Wildman–Crippen LogP) is 1.46. The van der Waals surface area contributed by atoms with Crippen LogP contribution in [0.1, 0.15) is 33.1 Å². The number of hydrogen-bond donors (Lipinski definition) is 0. The van der Waals surface area contributed by atoms with Crippen LogP contribution in [0, 0.1) is 12.8 Å². The lowest BCUT2D eigenvalue weighted by atomic mass is 10.0. The monoisotopic (exact) mass is 129 g/mol. The van der Waals surface area contributed by atoms with E-state index in [1.807, 2.05) is 0 Å². The van der Waals surface area contributed by atoms with E-state index < -0.39 is 0 Å². The standard InChI is InChI=1S/C7H15.Al.3H/c1-4-7(5-2)6-3;;;;/h7H,1,4-6H2,2-3H3;;;;. The molecule has 0 aromatic heterocycles. The minimum atomic E-state index is 0. The third kappa shape index (κ3) is 4.69. The topological polar surface area (TPSA) is 0 Å². The van der Waals surface area contributed by atoms with Crippen LogP contribution >= 0.6 is 0 Å². The Morgan fingerprint density at radius 2 is 1.62 bits per heavy atom. The van der Waals surface area contributed by atoms with Crippen LogP contribution in [0.4, 0.5) is 0 Å². The molecule has 0 aromatic carbocycles. The molecule has 0 saturated carbocycles. The first kappa shape index (κ1) is 11.3. The normalized spacial score (nSPS) is 9.00. The van der Waals surface area contributed by atoms with Crippen molar-refractivity contribution in [2.45, 2.75) is 33.1 Å². The van der Waals surface area contributed by atoms with Gasteiger partial charge in [0, 0.05) is 0 Å². The summed E-state index contributed by atoms with van der Waals surface area (Å²) in [7, 11) is 0. The molecule has 8 heavy (non-hydrogen) atoms. The molecular weight excluding hydrogens is 111 g/mol. The highest BCUT2D eigenvalue weighted by Gasteiger charge is 1.95. The average molecular weight is 129 g/mol. The van der Waals surface area contributed by atoms with Crippen molar-refractivity contribution in [3.8, 4) is 0 Å². The lowest BCUT2D eigenvalue weighted by Crippen LogP contribution is -1.91. The van der Waals surface area contributed by atoms with Gasteiger partial charge in [-0.1, -0.05) is 40.0 Å². The Labute approximate surface area is 63.8 Å². The highest BCUT2D eigenvalue weighted by Crippen LogP contribution is 2.09. The fourth-order valence-electron chi connectivity index (χ4n) is 0.697. The van der Waals surface area contributed by atoms with Gasteiger partial charge in [-0.2, -0.15) is 0 Å². The van der Waals surface area contributed by atoms with Crippen LogP contribution in [-0.2, 0) is 0 Å². The Hall–Kier alpha value is 0.532. The Morgan fingerprint density at radius 3 is 1.62 bits per heavy atom. The first-order chi connectivity index (χ1) is 3.35. The molecule has 0 nitrogen and oxygen atoms in total. The van der Waals surface area contributed by atoms with Crippen LogP contribution < -0.4 is 0 Å². The van der Waals surface area contributed by atoms with Crippen molar-refractivity contribution in [2.24, 2.45) is 5.92 Å². The molecule has 0 unspecified atom stereocenters. The van der Waals surface area contributed by atoms with Crippen LogP contribution in [0.3, 0.4) is 0 Å². The van der Waals surface area contributed by atoms with E-state index in [9.17, 15) is 0 Å². The van der Waals surface area contributed by atoms with Crippen molar-refractivity contribution >= 4 is 17.4 Å². The van der Waals surface area contributed by atoms with Crippen LogP contribution in [0.15, 0.2) is 0 Å². The van der Waals surface area contributed by atoms with E-state index in [2.05, 4.69) is 20.8 Å². The highest BCUT2D eigenvalue weighted by molar-refractivity contribution is 5.75. The molecule has 0 aliphatic carbocycles. The van der Waals surface area contributed by atoms with Gasteiger partial charge in [0.1, 0.15) is 0 Å². The van der Waals surface area contributed by atoms with Crippen molar-refractivity contribution in [1.29, 1.82) is 0 Å². The lowest BCUT2D eigenvalue weighted by molar-refractivity contribution is 0.498. The van der Waals surface area contributed by atoms with Gasteiger partial charge in [-0.15, -0.1) is 0 Å². The van der Waals surface area contributed by atoms with Crippen LogP contribution in [0.25, 0.3) is 0 Å². The number of hydrogen-bond acceptors (Lipinski definition) is 0. The minimum Gasteiger partial charge on any atom is -0.0651 e. The molecule has 0 N–H and O–H groups in total. The van der Waals surface area contributed by atoms with Gasteiger partial charge in [0.15, 0.2) is 17.4 Å². The third-order valence-electron chi connectivity index (χ3n) is 1.56. The molecule has 1 heteroatoms. The van der Waals surface area contributed by atoms with Crippen LogP contribution in [0.2, 0.25) is 0 Å². The van der Waals surface area contributed by atoms with Gasteiger partial charge in [-0.25, -0.2) is 0 Å². The summed E-state index contributed by atoms with van der Waals surface area (Å²) in [5.74, 6) is 0.875. The Balaban J connectivity index is 0. The van der Waals surface area contributed by atoms with E-state index in [1.165, 1.54) is 12.8 Å². The summed E-state index contributed by atoms with van der Waals surface area (Å²) in [4.78, 5) is 0. The maximum Gasteiger partial charge on any atom is 0.187 e. The summed E-state index contributed by atoms with van der Waals surface area (Å²) in [6, 6.07) is 0. The lowest BCUT2D eigenvalue weighted by Gasteiger charge is -2.05. The minimum absolute atomic E-state index is 0. The van der Waals surface area contributed by atoms with Gasteiger partial charge in [-0.05, 0) is 5.92 Å². The Morgan fingerprint density at radius 1 is 1.25 bits per heavy atom. The summed E-state index contributed by atoms with van der Waals surface area (Å²) in [5.41, 5.74) is 0. The molecule has 0 aliphatic rings. The fourth-order valence-corrected chi connectivity index (χ4v) is 0.697. The van der Waals surface area contributed by atoms with Crippen molar-refractivity contribution in [1.82, 2.24) is 0 Å². The number of rotatable bonds is 3. The molecule has 0 amide bonds. The van der Waals surface area contributed by atoms with Crippen molar-refractivity contribution in [3.63, 3.8) is 0 Å². The van der Waals surface area contributed by atoms with Gasteiger partial charge < -0.3 is 0 Å². The van der Waals surface area contributed by atoms with E-state index in [0.29, 0.717) is 0 Å². The molecule has 49 valence electrons. The van der Waals surface area contributed by atoms with Crippen LogP contribution in [0.5, 0.6) is 0 Å². The third-order valence-corrected chi connectivity index (χ3v) is 1.56. The molecule has 0 atom stereocenters. The second-order valence-electron chi connectivity index (χ2n) is 1.97. The molecule has 0 fully saturated rings. The second kappa shape index (κ2) is 7.53. The summed E-state index contributed by atoms with van der Waals surface area (Å²) in [5, 5.41) is 0. The largest absolute Gasteiger partial charge is 0.187 e. The van der Waals surface area contributed by atoms with Gasteiger partial charge in [0.25, 0.3) is 0 Å². The fraction of sp³-hybridized carbons (Fsp3) is 0.857. The molecule has 0 rings (SSSR count). The zero-order valence-corrected chi connectivity index (χ0v) is 5.41. The summed E-state index contributed by atoms with van der Waals surface area (Å²) in [6.45, 7) is 8.27. The first-order valence-corrected chi connectivity index (χ1v) is 3.14. The maximum absolute atomic E-state index is 3.83. The smallest absolute Gasteiger partial charge is 0.0651 e. The quantitative estimate of drug-likeness (QED) is 0.506. The first-order valence-electron chi connectivity index (χ1n) is 3.14. The van der Waals surface area contributed by atoms with Crippen molar-refractivity contribution in [2.75, 3.05) is 0 Å². The van der Waals surface area contributed by atoms with E-state index in [4.69, 9.17) is 0 Å². The summed E-state index contributed by atoms with van der Waals surface area (Å²) in [6.07, 6.45) is 3.69. The molecule has 0 aliphatic heterocycles. The molecule has 1 radical (unpaired) electrons. The zero-order valence-electron chi connectivity index (χ0n) is 5.41. The van der Waals surface area contributed by atoms with Crippen LogP contribution in [-0.4, -0.2) is 17.4 Å². The second-order valence-corrected chi connectivity index (χ2v) is 1.97. The van der Waals surface area contributed by atoms with Gasteiger partial charge in [-0.3, -0.25) is 0 Å². The molecule has 0 aromatic rings. The van der Waals surface area contributed by atoms with E-state index >= 15 is 0 Å². The average Bonchev–Trinajstić information content (AvgIpc) is 1.72. The summed E-state index contributed by atoms with van der Waals surface area (Å²) >= 11 is 0. The molecule has 0 heterocycles. The molecule has 0 saturated heterocycles. The van der Waals surface area contributed by atoms with Gasteiger partial charge in [0.2, 0.25) is 0 Å². The highest BCUT2D eigenvalue weighted by atomic mass is 27.0.